The van der Waals surface area contributed by atoms with Crippen LogP contribution >= 0.6 is 0 Å². The molecule has 2 aromatic rings. The highest BCUT2D eigenvalue weighted by atomic mass is 19.1. The molecule has 0 saturated carbocycles. The maximum atomic E-state index is 13.7. The Balaban J connectivity index is 2.33. The molecular weight excluding hydrogens is 244 g/mol. The molecule has 0 heterocycles. The molecule has 0 fully saturated rings. The van der Waals surface area contributed by atoms with E-state index >= 15 is 0 Å². The van der Waals surface area contributed by atoms with E-state index in [0.29, 0.717) is 5.92 Å². The molecule has 100 valence electrons. The maximum Gasteiger partial charge on any atom is 0.128 e. The fourth-order valence-corrected chi connectivity index (χ4v) is 2.02. The lowest BCUT2D eigenvalue weighted by molar-refractivity contribution is 0.576. The van der Waals surface area contributed by atoms with E-state index in [1.54, 1.807) is 0 Å². The van der Waals surface area contributed by atoms with Gasteiger partial charge in [0.05, 0.1) is 6.04 Å². The molecule has 0 aliphatic heterocycles. The van der Waals surface area contributed by atoms with E-state index in [4.69, 9.17) is 5.73 Å². The fraction of sp³-hybridized carbons (Fsp3) is 0.250. The zero-order valence-corrected chi connectivity index (χ0v) is 11.0. The summed E-state index contributed by atoms with van der Waals surface area (Å²) in [7, 11) is 0. The molecule has 0 saturated heterocycles. The Morgan fingerprint density at radius 3 is 2.05 bits per heavy atom. The van der Waals surface area contributed by atoms with E-state index in [9.17, 15) is 8.78 Å². The summed E-state index contributed by atoms with van der Waals surface area (Å²) in [5.74, 6) is -0.538. The Bertz CT molecular complexity index is 561. The maximum absolute atomic E-state index is 13.7. The van der Waals surface area contributed by atoms with E-state index in [1.807, 2.05) is 24.3 Å². The van der Waals surface area contributed by atoms with Gasteiger partial charge in [0.15, 0.2) is 0 Å². The van der Waals surface area contributed by atoms with Crippen LogP contribution in [0.15, 0.2) is 42.5 Å². The second-order valence-corrected chi connectivity index (χ2v) is 4.96. The first-order chi connectivity index (χ1) is 8.99. The zero-order valence-electron chi connectivity index (χ0n) is 11.0. The molecule has 2 rings (SSSR count). The molecule has 1 unspecified atom stereocenters. The van der Waals surface area contributed by atoms with E-state index in [2.05, 4.69) is 13.8 Å². The van der Waals surface area contributed by atoms with Gasteiger partial charge in [0, 0.05) is 5.56 Å². The summed E-state index contributed by atoms with van der Waals surface area (Å²) in [6.45, 7) is 4.20. The van der Waals surface area contributed by atoms with Crippen molar-refractivity contribution >= 4 is 0 Å². The Labute approximate surface area is 112 Å². The molecule has 0 radical (unpaired) electrons. The third-order valence-corrected chi connectivity index (χ3v) is 3.26. The van der Waals surface area contributed by atoms with E-state index in [-0.39, 0.29) is 5.56 Å². The van der Waals surface area contributed by atoms with Gasteiger partial charge in [-0.05, 0) is 35.2 Å². The molecule has 0 spiro atoms. The number of hydrogen-bond donors (Lipinski definition) is 1. The number of rotatable bonds is 3. The minimum absolute atomic E-state index is 0.178. The molecule has 19 heavy (non-hydrogen) atoms. The minimum Gasteiger partial charge on any atom is -0.320 e. The van der Waals surface area contributed by atoms with Crippen molar-refractivity contribution in [1.82, 2.24) is 0 Å². The predicted molar refractivity (Wildman–Crippen MR) is 72.9 cm³/mol. The molecule has 1 nitrogen and oxygen atoms in total. The van der Waals surface area contributed by atoms with E-state index in [1.165, 1.54) is 5.56 Å². The van der Waals surface area contributed by atoms with Gasteiger partial charge < -0.3 is 5.73 Å². The van der Waals surface area contributed by atoms with Crippen molar-refractivity contribution in [3.05, 3.63) is 70.8 Å². The average molecular weight is 261 g/mol. The highest BCUT2D eigenvalue weighted by Crippen LogP contribution is 2.24. The lowest BCUT2D eigenvalue weighted by Crippen LogP contribution is -2.14. The smallest absolute Gasteiger partial charge is 0.128 e. The normalized spacial score (nSPS) is 12.7. The predicted octanol–water partition coefficient (Wildman–Crippen LogP) is 4.14. The molecule has 0 bridgehead atoms. The molecule has 0 aromatic heterocycles. The first kappa shape index (κ1) is 13.7. The summed E-state index contributed by atoms with van der Waals surface area (Å²) >= 11 is 0. The Morgan fingerprint density at radius 2 is 1.47 bits per heavy atom. The Morgan fingerprint density at radius 1 is 0.895 bits per heavy atom. The van der Waals surface area contributed by atoms with Crippen molar-refractivity contribution < 1.29 is 8.78 Å². The van der Waals surface area contributed by atoms with Crippen LogP contribution in [-0.2, 0) is 0 Å². The van der Waals surface area contributed by atoms with Crippen LogP contribution in [0.25, 0.3) is 0 Å². The largest absolute Gasteiger partial charge is 0.320 e. The molecular formula is C16H17F2N. The van der Waals surface area contributed by atoms with Gasteiger partial charge in [0.1, 0.15) is 11.6 Å². The van der Waals surface area contributed by atoms with Gasteiger partial charge in [0.25, 0.3) is 0 Å². The van der Waals surface area contributed by atoms with Crippen molar-refractivity contribution in [3.8, 4) is 0 Å². The van der Waals surface area contributed by atoms with Crippen molar-refractivity contribution in [2.24, 2.45) is 5.73 Å². The van der Waals surface area contributed by atoms with Crippen LogP contribution in [0.3, 0.4) is 0 Å². The molecule has 2 N–H and O–H groups in total. The minimum atomic E-state index is -0.656. The summed E-state index contributed by atoms with van der Waals surface area (Å²) in [4.78, 5) is 0. The molecule has 2 aromatic carbocycles. The molecule has 0 aliphatic rings. The van der Waals surface area contributed by atoms with Crippen LogP contribution in [0.2, 0.25) is 0 Å². The second-order valence-electron chi connectivity index (χ2n) is 4.96. The summed E-state index contributed by atoms with van der Waals surface area (Å²) in [5, 5.41) is 0. The topological polar surface area (TPSA) is 26.0 Å². The quantitative estimate of drug-likeness (QED) is 0.883. The number of benzene rings is 2. The molecule has 1 atom stereocenters. The summed E-state index contributed by atoms with van der Waals surface area (Å²) in [5.41, 5.74) is 8.15. The Hall–Kier alpha value is -1.74. The van der Waals surface area contributed by atoms with Gasteiger partial charge in [-0.2, -0.15) is 0 Å². The summed E-state index contributed by atoms with van der Waals surface area (Å²) in [6, 6.07) is 10.4. The first-order valence-electron chi connectivity index (χ1n) is 6.29. The third-order valence-electron chi connectivity index (χ3n) is 3.26. The highest BCUT2D eigenvalue weighted by Gasteiger charge is 2.14. The van der Waals surface area contributed by atoms with Crippen LogP contribution in [0.1, 0.15) is 42.5 Å². The molecule has 0 aliphatic carbocycles. The van der Waals surface area contributed by atoms with Crippen molar-refractivity contribution in [2.75, 3.05) is 0 Å². The average Bonchev–Trinajstić information content (AvgIpc) is 2.41. The number of hydrogen-bond acceptors (Lipinski definition) is 1. The monoisotopic (exact) mass is 261 g/mol. The highest BCUT2D eigenvalue weighted by molar-refractivity contribution is 5.34. The van der Waals surface area contributed by atoms with Gasteiger partial charge in [-0.25, -0.2) is 8.78 Å². The fourth-order valence-electron chi connectivity index (χ4n) is 2.02. The molecule has 0 amide bonds. The standard InChI is InChI=1S/C16H17F2N/c1-10(2)11-3-5-12(6-4-11)16(19)14-9-13(17)7-8-15(14)18/h3-10,16H,19H2,1-2H3. The zero-order chi connectivity index (χ0) is 14.0. The first-order valence-corrected chi connectivity index (χ1v) is 6.29. The van der Waals surface area contributed by atoms with Gasteiger partial charge in [-0.1, -0.05) is 38.1 Å². The van der Waals surface area contributed by atoms with Crippen LogP contribution in [0.5, 0.6) is 0 Å². The van der Waals surface area contributed by atoms with Gasteiger partial charge in [-0.15, -0.1) is 0 Å². The van der Waals surface area contributed by atoms with E-state index in [0.717, 1.165) is 23.8 Å². The lowest BCUT2D eigenvalue weighted by atomic mass is 9.95. The number of halogens is 2. The molecule has 3 heteroatoms. The number of nitrogens with two attached hydrogens (primary N) is 1. The van der Waals surface area contributed by atoms with E-state index < -0.39 is 17.7 Å². The van der Waals surface area contributed by atoms with Crippen molar-refractivity contribution in [3.63, 3.8) is 0 Å². The van der Waals surface area contributed by atoms with Gasteiger partial charge in [-0.3, -0.25) is 0 Å². The van der Waals surface area contributed by atoms with Crippen molar-refractivity contribution in [1.29, 1.82) is 0 Å². The van der Waals surface area contributed by atoms with Crippen molar-refractivity contribution in [2.45, 2.75) is 25.8 Å². The Kier molecular flexibility index (Phi) is 3.96. The summed E-state index contributed by atoms with van der Waals surface area (Å²) in [6.07, 6.45) is 0. The summed E-state index contributed by atoms with van der Waals surface area (Å²) < 4.78 is 26.8. The lowest BCUT2D eigenvalue weighted by Gasteiger charge is -2.15. The van der Waals surface area contributed by atoms with Gasteiger partial charge >= 0.3 is 0 Å². The second kappa shape index (κ2) is 5.49. The van der Waals surface area contributed by atoms with Gasteiger partial charge in [0.2, 0.25) is 0 Å². The van der Waals surface area contributed by atoms with Crippen LogP contribution < -0.4 is 5.73 Å². The van der Waals surface area contributed by atoms with Crippen LogP contribution in [0, 0.1) is 11.6 Å². The SMILES string of the molecule is CC(C)c1ccc(C(N)c2cc(F)ccc2F)cc1. The third kappa shape index (κ3) is 2.99. The van der Waals surface area contributed by atoms with Crippen LogP contribution in [-0.4, -0.2) is 0 Å². The van der Waals surface area contributed by atoms with Crippen LogP contribution in [0.4, 0.5) is 8.78 Å².